The molecule has 2 rings (SSSR count). The molecule has 0 atom stereocenters. The fourth-order valence-electron chi connectivity index (χ4n) is 1.90. The van der Waals surface area contributed by atoms with Gasteiger partial charge in [0.15, 0.2) is 0 Å². The first kappa shape index (κ1) is 14.6. The molecule has 104 valence electrons. The monoisotopic (exact) mass is 296 g/mol. The summed E-state index contributed by atoms with van der Waals surface area (Å²) in [7, 11) is 0. The minimum atomic E-state index is 0.436. The smallest absolute Gasteiger partial charge is 0.107 e. The average Bonchev–Trinajstić information content (AvgIpc) is 3.21. The van der Waals surface area contributed by atoms with Gasteiger partial charge < -0.3 is 15.8 Å². The lowest BCUT2D eigenvalue weighted by Gasteiger charge is -2.14. The number of nitrogens with two attached hydrogens (primary N) is 1. The van der Waals surface area contributed by atoms with Crippen LogP contribution < -0.4 is 11.1 Å². The molecule has 0 aliphatic heterocycles. The predicted octanol–water partition coefficient (Wildman–Crippen LogP) is 2.88. The largest absolute Gasteiger partial charge is 0.389 e. The first-order valence-corrected chi connectivity index (χ1v) is 8.14. The van der Waals surface area contributed by atoms with E-state index in [1.165, 1.54) is 12.8 Å². The third-order valence-electron chi connectivity index (χ3n) is 3.10. The average molecular weight is 296 g/mol. The standard InChI is InChI=1S/C14H20N2OS2/c1-19-12-4-2-3-11(13(12)14(15)18)16-7-8-17-9-10-5-6-10/h2-4,10,16H,5-9H2,1H3,(H2,15,18). The zero-order valence-corrected chi connectivity index (χ0v) is 12.8. The first-order chi connectivity index (χ1) is 9.22. The van der Waals surface area contributed by atoms with Gasteiger partial charge in [0.05, 0.1) is 6.61 Å². The number of anilines is 1. The Hall–Kier alpha value is -0.780. The highest BCUT2D eigenvalue weighted by molar-refractivity contribution is 7.98. The van der Waals surface area contributed by atoms with Crippen molar-refractivity contribution >= 4 is 34.7 Å². The van der Waals surface area contributed by atoms with E-state index in [2.05, 4.69) is 5.32 Å². The predicted molar refractivity (Wildman–Crippen MR) is 86.1 cm³/mol. The summed E-state index contributed by atoms with van der Waals surface area (Å²) in [6, 6.07) is 6.06. The Labute approximate surface area is 124 Å². The third-order valence-corrected chi connectivity index (χ3v) is 4.09. The molecule has 1 aliphatic carbocycles. The Kier molecular flexibility index (Phi) is 5.48. The van der Waals surface area contributed by atoms with Gasteiger partial charge >= 0.3 is 0 Å². The Morgan fingerprint density at radius 2 is 2.32 bits per heavy atom. The minimum Gasteiger partial charge on any atom is -0.389 e. The summed E-state index contributed by atoms with van der Waals surface area (Å²) in [6.07, 6.45) is 4.68. The van der Waals surface area contributed by atoms with Gasteiger partial charge in [-0.05, 0) is 37.1 Å². The van der Waals surface area contributed by atoms with E-state index in [1.54, 1.807) is 11.8 Å². The van der Waals surface area contributed by atoms with Crippen molar-refractivity contribution in [2.75, 3.05) is 31.3 Å². The lowest BCUT2D eigenvalue weighted by Crippen LogP contribution is -2.17. The van der Waals surface area contributed by atoms with Crippen molar-refractivity contribution in [1.82, 2.24) is 0 Å². The molecule has 0 saturated heterocycles. The zero-order chi connectivity index (χ0) is 13.7. The quantitative estimate of drug-likeness (QED) is 0.439. The van der Waals surface area contributed by atoms with E-state index in [0.717, 1.165) is 41.8 Å². The highest BCUT2D eigenvalue weighted by Crippen LogP contribution is 2.29. The number of benzene rings is 1. The van der Waals surface area contributed by atoms with Crippen molar-refractivity contribution in [3.63, 3.8) is 0 Å². The second-order valence-electron chi connectivity index (χ2n) is 4.69. The highest BCUT2D eigenvalue weighted by atomic mass is 32.2. The number of rotatable bonds is 8. The van der Waals surface area contributed by atoms with E-state index in [-0.39, 0.29) is 0 Å². The van der Waals surface area contributed by atoms with Crippen LogP contribution in [0.2, 0.25) is 0 Å². The van der Waals surface area contributed by atoms with Gasteiger partial charge in [-0.15, -0.1) is 11.8 Å². The first-order valence-electron chi connectivity index (χ1n) is 6.50. The minimum absolute atomic E-state index is 0.436. The molecular formula is C14H20N2OS2. The molecule has 0 radical (unpaired) electrons. The van der Waals surface area contributed by atoms with Crippen LogP contribution in [-0.4, -0.2) is 31.0 Å². The Bertz CT molecular complexity index is 447. The van der Waals surface area contributed by atoms with Crippen molar-refractivity contribution in [3.8, 4) is 0 Å². The Balaban J connectivity index is 1.88. The summed E-state index contributed by atoms with van der Waals surface area (Å²) in [5.41, 5.74) is 7.75. The van der Waals surface area contributed by atoms with Crippen molar-refractivity contribution < 1.29 is 4.74 Å². The summed E-state index contributed by atoms with van der Waals surface area (Å²) in [6.45, 7) is 2.39. The highest BCUT2D eigenvalue weighted by Gasteiger charge is 2.20. The van der Waals surface area contributed by atoms with E-state index >= 15 is 0 Å². The van der Waals surface area contributed by atoms with Crippen LogP contribution >= 0.6 is 24.0 Å². The number of hydrogen-bond donors (Lipinski definition) is 2. The molecule has 19 heavy (non-hydrogen) atoms. The van der Waals surface area contributed by atoms with Gasteiger partial charge in [0, 0.05) is 29.3 Å². The normalized spacial score (nSPS) is 14.4. The zero-order valence-electron chi connectivity index (χ0n) is 11.1. The lowest BCUT2D eigenvalue weighted by molar-refractivity contribution is 0.134. The summed E-state index contributed by atoms with van der Waals surface area (Å²) in [4.78, 5) is 1.54. The lowest BCUT2D eigenvalue weighted by atomic mass is 10.1. The van der Waals surface area contributed by atoms with Crippen molar-refractivity contribution in [2.45, 2.75) is 17.7 Å². The molecule has 1 saturated carbocycles. The molecule has 1 aromatic carbocycles. The number of thioether (sulfide) groups is 1. The molecule has 0 heterocycles. The molecule has 1 aliphatic rings. The number of ether oxygens (including phenoxy) is 1. The second kappa shape index (κ2) is 7.12. The van der Waals surface area contributed by atoms with E-state index in [1.807, 2.05) is 24.5 Å². The Morgan fingerprint density at radius 3 is 2.95 bits per heavy atom. The molecule has 0 bridgehead atoms. The summed E-state index contributed by atoms with van der Waals surface area (Å²) < 4.78 is 5.60. The number of nitrogens with one attached hydrogen (secondary N) is 1. The maximum absolute atomic E-state index is 5.82. The molecule has 1 aromatic rings. The SMILES string of the molecule is CSc1cccc(NCCOCC2CC2)c1C(N)=S. The molecule has 0 spiro atoms. The molecule has 0 aromatic heterocycles. The van der Waals surface area contributed by atoms with Gasteiger partial charge in [-0.2, -0.15) is 0 Å². The molecule has 3 nitrogen and oxygen atoms in total. The van der Waals surface area contributed by atoms with Gasteiger partial charge in [-0.25, -0.2) is 0 Å². The molecule has 5 heteroatoms. The fourth-order valence-corrected chi connectivity index (χ4v) is 2.82. The van der Waals surface area contributed by atoms with Gasteiger partial charge in [0.25, 0.3) is 0 Å². The number of thiocarbonyl (C=S) groups is 1. The maximum Gasteiger partial charge on any atom is 0.107 e. The van der Waals surface area contributed by atoms with Gasteiger partial charge in [-0.1, -0.05) is 18.3 Å². The summed E-state index contributed by atoms with van der Waals surface area (Å²) in [5, 5.41) is 3.36. The maximum atomic E-state index is 5.82. The third kappa shape index (κ3) is 4.37. The van der Waals surface area contributed by atoms with Crippen molar-refractivity contribution in [3.05, 3.63) is 23.8 Å². The van der Waals surface area contributed by atoms with E-state index in [9.17, 15) is 0 Å². The van der Waals surface area contributed by atoms with Crippen LogP contribution in [0, 0.1) is 5.92 Å². The van der Waals surface area contributed by atoms with Crippen LogP contribution in [0.4, 0.5) is 5.69 Å². The Morgan fingerprint density at radius 1 is 1.53 bits per heavy atom. The molecular weight excluding hydrogens is 276 g/mol. The second-order valence-corrected chi connectivity index (χ2v) is 5.98. The topological polar surface area (TPSA) is 47.3 Å². The molecule has 0 unspecified atom stereocenters. The van der Waals surface area contributed by atoms with E-state index < -0.39 is 0 Å². The van der Waals surface area contributed by atoms with Crippen LogP contribution in [0.25, 0.3) is 0 Å². The van der Waals surface area contributed by atoms with Crippen LogP contribution in [0.5, 0.6) is 0 Å². The molecule has 3 N–H and O–H groups in total. The van der Waals surface area contributed by atoms with Crippen molar-refractivity contribution in [2.24, 2.45) is 11.7 Å². The van der Waals surface area contributed by atoms with Crippen LogP contribution in [0.15, 0.2) is 23.1 Å². The molecule has 0 amide bonds. The molecule has 1 fully saturated rings. The van der Waals surface area contributed by atoms with Crippen LogP contribution in [0.3, 0.4) is 0 Å². The van der Waals surface area contributed by atoms with Crippen molar-refractivity contribution in [1.29, 1.82) is 0 Å². The van der Waals surface area contributed by atoms with Gasteiger partial charge in [0.1, 0.15) is 4.99 Å². The van der Waals surface area contributed by atoms with Crippen LogP contribution in [-0.2, 0) is 4.74 Å². The van der Waals surface area contributed by atoms with E-state index in [4.69, 9.17) is 22.7 Å². The van der Waals surface area contributed by atoms with Gasteiger partial charge in [0.2, 0.25) is 0 Å². The van der Waals surface area contributed by atoms with E-state index in [0.29, 0.717) is 4.99 Å². The summed E-state index contributed by atoms with van der Waals surface area (Å²) >= 11 is 6.80. The fraction of sp³-hybridized carbons (Fsp3) is 0.500. The van der Waals surface area contributed by atoms with Gasteiger partial charge in [-0.3, -0.25) is 0 Å². The van der Waals surface area contributed by atoms with Crippen LogP contribution in [0.1, 0.15) is 18.4 Å². The summed E-state index contributed by atoms with van der Waals surface area (Å²) in [5.74, 6) is 0.812. The number of hydrogen-bond acceptors (Lipinski definition) is 4.